The van der Waals surface area contributed by atoms with Crippen LogP contribution in [0.5, 0.6) is 0 Å². The Hall–Kier alpha value is -1.36. The number of nitrogens with zero attached hydrogens (tertiary/aromatic N) is 1. The first kappa shape index (κ1) is 11.7. The molecule has 1 rings (SSSR count). The number of alkyl halides is 3. The fourth-order valence-electron chi connectivity index (χ4n) is 1.18. The molecular formula is C10H10F3NO. The van der Waals surface area contributed by atoms with Crippen LogP contribution in [-0.4, -0.2) is 16.3 Å². The summed E-state index contributed by atoms with van der Waals surface area (Å²) >= 11 is 0. The van der Waals surface area contributed by atoms with Gasteiger partial charge in [-0.1, -0.05) is 12.1 Å². The maximum atomic E-state index is 12.4. The van der Waals surface area contributed by atoms with Crippen LogP contribution in [0, 0.1) is 5.92 Å². The minimum atomic E-state index is -4.52. The number of aliphatic hydroxyl groups is 1. The summed E-state index contributed by atoms with van der Waals surface area (Å²) in [5.41, 5.74) is -0.0141. The standard InChI is InChI=1S/C10H10F3NO/c1-2-7(10(11,12)13)9(15)8-5-3-4-6-14-8/h2-7,9,15H,1H2/t7-,9+/m1/s1. The minimum absolute atomic E-state index is 0.0141. The van der Waals surface area contributed by atoms with Crippen LogP contribution < -0.4 is 0 Å². The van der Waals surface area contributed by atoms with Gasteiger partial charge in [-0.25, -0.2) is 0 Å². The topological polar surface area (TPSA) is 33.1 Å². The van der Waals surface area contributed by atoms with E-state index < -0.39 is 18.2 Å². The van der Waals surface area contributed by atoms with E-state index >= 15 is 0 Å². The first-order valence-electron chi connectivity index (χ1n) is 4.25. The molecule has 2 atom stereocenters. The average Bonchev–Trinajstić information content (AvgIpc) is 2.18. The molecule has 1 N–H and O–H groups in total. The average molecular weight is 217 g/mol. The highest BCUT2D eigenvalue weighted by atomic mass is 19.4. The van der Waals surface area contributed by atoms with Crippen LogP contribution in [0.15, 0.2) is 37.1 Å². The quantitative estimate of drug-likeness (QED) is 0.789. The molecule has 0 fully saturated rings. The summed E-state index contributed by atoms with van der Waals surface area (Å²) in [6.45, 7) is 3.07. The van der Waals surface area contributed by atoms with Crippen LogP contribution >= 0.6 is 0 Å². The zero-order valence-corrected chi connectivity index (χ0v) is 7.78. The van der Waals surface area contributed by atoms with Crippen molar-refractivity contribution >= 4 is 0 Å². The second-order valence-electron chi connectivity index (χ2n) is 3.00. The number of halogens is 3. The minimum Gasteiger partial charge on any atom is -0.386 e. The van der Waals surface area contributed by atoms with E-state index in [2.05, 4.69) is 11.6 Å². The van der Waals surface area contributed by atoms with E-state index in [0.29, 0.717) is 6.08 Å². The lowest BCUT2D eigenvalue weighted by atomic mass is 9.99. The Morgan fingerprint density at radius 2 is 2.07 bits per heavy atom. The summed E-state index contributed by atoms with van der Waals surface area (Å²) < 4.78 is 37.2. The van der Waals surface area contributed by atoms with Crippen LogP contribution in [0.2, 0.25) is 0 Å². The summed E-state index contributed by atoms with van der Waals surface area (Å²) in [7, 11) is 0. The Morgan fingerprint density at radius 3 is 2.47 bits per heavy atom. The third kappa shape index (κ3) is 2.79. The molecule has 0 unspecified atom stereocenters. The maximum absolute atomic E-state index is 12.4. The van der Waals surface area contributed by atoms with Gasteiger partial charge in [0.15, 0.2) is 0 Å². The van der Waals surface area contributed by atoms with Gasteiger partial charge in [-0.05, 0) is 12.1 Å². The van der Waals surface area contributed by atoms with Gasteiger partial charge in [-0.3, -0.25) is 4.98 Å². The van der Waals surface area contributed by atoms with E-state index in [9.17, 15) is 18.3 Å². The van der Waals surface area contributed by atoms with Gasteiger partial charge >= 0.3 is 6.18 Å². The molecule has 1 heterocycles. The molecule has 0 aromatic carbocycles. The van der Waals surface area contributed by atoms with Crippen molar-refractivity contribution in [1.29, 1.82) is 0 Å². The van der Waals surface area contributed by atoms with Crippen molar-refractivity contribution in [3.05, 3.63) is 42.7 Å². The van der Waals surface area contributed by atoms with Crippen LogP contribution in [0.3, 0.4) is 0 Å². The van der Waals surface area contributed by atoms with E-state index in [4.69, 9.17) is 0 Å². The molecule has 0 spiro atoms. The number of aromatic nitrogens is 1. The Balaban J connectivity index is 2.92. The lowest BCUT2D eigenvalue weighted by molar-refractivity contribution is -0.186. The second-order valence-corrected chi connectivity index (χ2v) is 3.00. The molecule has 0 aliphatic carbocycles. The lowest BCUT2D eigenvalue weighted by Crippen LogP contribution is -2.27. The van der Waals surface area contributed by atoms with Crippen molar-refractivity contribution in [3.8, 4) is 0 Å². The van der Waals surface area contributed by atoms with Crippen LogP contribution in [0.1, 0.15) is 11.8 Å². The summed E-state index contributed by atoms with van der Waals surface area (Å²) in [5, 5.41) is 9.46. The smallest absolute Gasteiger partial charge is 0.386 e. The SMILES string of the molecule is C=C[C@H]([C@H](O)c1ccccn1)C(F)(F)F. The first-order valence-corrected chi connectivity index (χ1v) is 4.25. The maximum Gasteiger partial charge on any atom is 0.398 e. The highest BCUT2D eigenvalue weighted by Gasteiger charge is 2.43. The van der Waals surface area contributed by atoms with Gasteiger partial charge in [0.1, 0.15) is 12.0 Å². The molecule has 15 heavy (non-hydrogen) atoms. The predicted octanol–water partition coefficient (Wildman–Crippen LogP) is 2.48. The number of aliphatic hydroxyl groups excluding tert-OH is 1. The number of rotatable bonds is 3. The van der Waals surface area contributed by atoms with Crippen molar-refractivity contribution in [1.82, 2.24) is 4.98 Å². The summed E-state index contributed by atoms with van der Waals surface area (Å²) in [5.74, 6) is -1.99. The molecule has 0 amide bonds. The van der Waals surface area contributed by atoms with Gasteiger partial charge in [0.05, 0.1) is 5.69 Å². The molecule has 5 heteroatoms. The van der Waals surface area contributed by atoms with E-state index in [1.165, 1.54) is 18.3 Å². The van der Waals surface area contributed by atoms with E-state index in [-0.39, 0.29) is 5.69 Å². The Morgan fingerprint density at radius 1 is 1.40 bits per heavy atom. The largest absolute Gasteiger partial charge is 0.398 e. The van der Waals surface area contributed by atoms with Crippen LogP contribution in [0.4, 0.5) is 13.2 Å². The zero-order chi connectivity index (χ0) is 11.5. The zero-order valence-electron chi connectivity index (χ0n) is 7.78. The highest BCUT2D eigenvalue weighted by molar-refractivity contribution is 5.10. The lowest BCUT2D eigenvalue weighted by Gasteiger charge is -2.21. The summed E-state index contributed by atoms with van der Waals surface area (Å²) in [6, 6.07) is 4.42. The molecule has 2 nitrogen and oxygen atoms in total. The van der Waals surface area contributed by atoms with Crippen molar-refractivity contribution in [2.24, 2.45) is 5.92 Å². The van der Waals surface area contributed by atoms with Crippen LogP contribution in [0.25, 0.3) is 0 Å². The molecule has 1 aromatic heterocycles. The van der Waals surface area contributed by atoms with E-state index in [1.54, 1.807) is 6.07 Å². The highest BCUT2D eigenvalue weighted by Crippen LogP contribution is 2.35. The Bertz CT molecular complexity index is 323. The van der Waals surface area contributed by atoms with Crippen molar-refractivity contribution < 1.29 is 18.3 Å². The number of hydrogen-bond acceptors (Lipinski definition) is 2. The summed E-state index contributed by atoms with van der Waals surface area (Å²) in [4.78, 5) is 3.66. The molecule has 0 radical (unpaired) electrons. The van der Waals surface area contributed by atoms with Gasteiger partial charge in [-0.15, -0.1) is 6.58 Å². The molecule has 1 aromatic rings. The number of pyridine rings is 1. The van der Waals surface area contributed by atoms with Crippen molar-refractivity contribution in [2.75, 3.05) is 0 Å². The van der Waals surface area contributed by atoms with Gasteiger partial charge in [0.25, 0.3) is 0 Å². The van der Waals surface area contributed by atoms with E-state index in [1.807, 2.05) is 0 Å². The molecule has 82 valence electrons. The van der Waals surface area contributed by atoms with E-state index in [0.717, 1.165) is 0 Å². The van der Waals surface area contributed by atoms with Crippen LogP contribution in [-0.2, 0) is 0 Å². The second kappa shape index (κ2) is 4.44. The third-order valence-corrected chi connectivity index (χ3v) is 1.96. The third-order valence-electron chi connectivity index (χ3n) is 1.96. The van der Waals surface area contributed by atoms with Gasteiger partial charge in [0.2, 0.25) is 0 Å². The Kier molecular flexibility index (Phi) is 3.47. The van der Waals surface area contributed by atoms with Crippen molar-refractivity contribution in [3.63, 3.8) is 0 Å². The molecule has 0 bridgehead atoms. The fourth-order valence-corrected chi connectivity index (χ4v) is 1.18. The molecule has 0 aliphatic heterocycles. The first-order chi connectivity index (χ1) is 6.96. The predicted molar refractivity (Wildman–Crippen MR) is 48.9 cm³/mol. The van der Waals surface area contributed by atoms with Gasteiger partial charge in [-0.2, -0.15) is 13.2 Å². The number of hydrogen-bond donors (Lipinski definition) is 1. The fraction of sp³-hybridized carbons (Fsp3) is 0.300. The van der Waals surface area contributed by atoms with Crippen molar-refractivity contribution in [2.45, 2.75) is 12.3 Å². The molecule has 0 aliphatic rings. The van der Waals surface area contributed by atoms with Gasteiger partial charge in [0, 0.05) is 6.20 Å². The summed E-state index contributed by atoms with van der Waals surface area (Å²) in [6.07, 6.45) is -4.21. The molecular weight excluding hydrogens is 207 g/mol. The molecule has 0 saturated carbocycles. The molecule has 0 saturated heterocycles. The monoisotopic (exact) mass is 217 g/mol. The normalized spacial score (nSPS) is 15.7. The Labute approximate surface area is 85.1 Å². The van der Waals surface area contributed by atoms with Gasteiger partial charge < -0.3 is 5.11 Å².